The van der Waals surface area contributed by atoms with Gasteiger partial charge < -0.3 is 5.32 Å². The number of hydrogen-bond donors (Lipinski definition) is 2. The molecule has 0 bridgehead atoms. The van der Waals surface area contributed by atoms with Crippen LogP contribution in [0.5, 0.6) is 0 Å². The number of aromatic nitrogens is 5. The molecule has 150 valence electrons. The van der Waals surface area contributed by atoms with Crippen LogP contribution >= 0.6 is 0 Å². The first-order valence-electron chi connectivity index (χ1n) is 9.75. The molecule has 0 aliphatic carbocycles. The molecule has 0 aliphatic rings. The first-order valence-corrected chi connectivity index (χ1v) is 9.75. The molecule has 0 saturated carbocycles. The molecule has 7 heteroatoms. The molecule has 2 N–H and O–H groups in total. The number of amides is 1. The lowest BCUT2D eigenvalue weighted by molar-refractivity contribution is 0.102. The number of H-pyrrole nitrogens is 1. The zero-order valence-electron chi connectivity index (χ0n) is 16.7. The zero-order valence-corrected chi connectivity index (χ0v) is 16.7. The molecule has 0 unspecified atom stereocenters. The molecular weight excluding hydrogens is 388 g/mol. The Morgan fingerprint density at radius 1 is 0.871 bits per heavy atom. The molecule has 4 aromatic heterocycles. The molecule has 5 rings (SSSR count). The number of carbonyl (C=O) groups excluding carboxylic acids is 1. The smallest absolute Gasteiger partial charge is 0.276 e. The predicted octanol–water partition coefficient (Wildman–Crippen LogP) is 4.64. The molecule has 0 atom stereocenters. The Bertz CT molecular complexity index is 1380. The minimum Gasteiger partial charge on any atom is -0.320 e. The molecule has 0 saturated heterocycles. The third kappa shape index (κ3) is 3.53. The second-order valence-electron chi connectivity index (χ2n) is 7.12. The van der Waals surface area contributed by atoms with Crippen LogP contribution < -0.4 is 5.32 Å². The van der Waals surface area contributed by atoms with Gasteiger partial charge in [0.25, 0.3) is 5.91 Å². The summed E-state index contributed by atoms with van der Waals surface area (Å²) in [5.74, 6) is -0.284. The second-order valence-corrected chi connectivity index (χ2v) is 7.12. The Kier molecular flexibility index (Phi) is 4.68. The third-order valence-electron chi connectivity index (χ3n) is 5.21. The molecule has 5 aromatic rings. The number of aromatic amines is 1. The predicted molar refractivity (Wildman–Crippen MR) is 119 cm³/mol. The van der Waals surface area contributed by atoms with E-state index in [9.17, 15) is 4.79 Å². The van der Waals surface area contributed by atoms with Gasteiger partial charge in [-0.05, 0) is 48.4 Å². The Labute approximate surface area is 178 Å². The average molecular weight is 406 g/mol. The van der Waals surface area contributed by atoms with Crippen LogP contribution in [0.1, 0.15) is 16.1 Å². The van der Waals surface area contributed by atoms with E-state index in [1.807, 2.05) is 48.9 Å². The van der Waals surface area contributed by atoms with Crippen LogP contribution in [0.3, 0.4) is 0 Å². The van der Waals surface area contributed by atoms with E-state index in [0.29, 0.717) is 11.4 Å². The normalized spacial score (nSPS) is 10.9. The van der Waals surface area contributed by atoms with Gasteiger partial charge in [-0.15, -0.1) is 0 Å². The van der Waals surface area contributed by atoms with Crippen molar-refractivity contribution in [1.82, 2.24) is 25.1 Å². The molecule has 1 amide bonds. The molecule has 7 nitrogen and oxygen atoms in total. The molecule has 1 aromatic carbocycles. The third-order valence-corrected chi connectivity index (χ3v) is 5.21. The minimum atomic E-state index is -0.284. The van der Waals surface area contributed by atoms with Gasteiger partial charge in [-0.1, -0.05) is 12.1 Å². The number of rotatable bonds is 4. The standard InChI is InChI=1S/C24H18N6O/c1-15-20(13-27-14-21(15)17-3-2-8-26-12-17)16-4-5-22-19(11-16)23(30-29-22)24(31)28-18-6-9-25-10-7-18/h2-14H,1H3,(H,29,30)(H,25,28,31). The summed E-state index contributed by atoms with van der Waals surface area (Å²) in [5.41, 5.74) is 6.86. The van der Waals surface area contributed by atoms with E-state index in [4.69, 9.17) is 0 Å². The van der Waals surface area contributed by atoms with Crippen molar-refractivity contribution in [2.45, 2.75) is 6.92 Å². The van der Waals surface area contributed by atoms with E-state index in [2.05, 4.69) is 37.4 Å². The molecule has 0 spiro atoms. The van der Waals surface area contributed by atoms with Crippen molar-refractivity contribution >= 4 is 22.5 Å². The van der Waals surface area contributed by atoms with Crippen LogP contribution in [-0.2, 0) is 0 Å². The molecule has 4 heterocycles. The van der Waals surface area contributed by atoms with Crippen LogP contribution in [-0.4, -0.2) is 31.1 Å². The van der Waals surface area contributed by atoms with Crippen LogP contribution in [0.15, 0.2) is 79.6 Å². The highest BCUT2D eigenvalue weighted by molar-refractivity contribution is 6.11. The highest BCUT2D eigenvalue weighted by Gasteiger charge is 2.16. The average Bonchev–Trinajstić information content (AvgIpc) is 3.24. The van der Waals surface area contributed by atoms with Gasteiger partial charge in [-0.3, -0.25) is 24.8 Å². The highest BCUT2D eigenvalue weighted by Crippen LogP contribution is 2.32. The monoisotopic (exact) mass is 406 g/mol. The summed E-state index contributed by atoms with van der Waals surface area (Å²) in [5, 5.41) is 10.8. The lowest BCUT2D eigenvalue weighted by Gasteiger charge is -2.11. The first kappa shape index (κ1) is 18.6. The van der Waals surface area contributed by atoms with E-state index in [-0.39, 0.29) is 5.91 Å². The lowest BCUT2D eigenvalue weighted by Crippen LogP contribution is -2.12. The van der Waals surface area contributed by atoms with Crippen molar-refractivity contribution in [2.24, 2.45) is 0 Å². The maximum atomic E-state index is 12.8. The fourth-order valence-corrected chi connectivity index (χ4v) is 3.61. The quantitative estimate of drug-likeness (QED) is 0.453. The van der Waals surface area contributed by atoms with Crippen molar-refractivity contribution in [2.75, 3.05) is 5.32 Å². The number of anilines is 1. The number of pyridine rings is 3. The second kappa shape index (κ2) is 7.79. The number of nitrogens with one attached hydrogen (secondary N) is 2. The zero-order chi connectivity index (χ0) is 21.2. The van der Waals surface area contributed by atoms with Gasteiger partial charge in [0, 0.05) is 64.9 Å². The number of benzene rings is 1. The maximum absolute atomic E-state index is 12.8. The summed E-state index contributed by atoms with van der Waals surface area (Å²) in [6.45, 7) is 2.07. The van der Waals surface area contributed by atoms with Gasteiger partial charge >= 0.3 is 0 Å². The van der Waals surface area contributed by atoms with Gasteiger partial charge in [-0.25, -0.2) is 0 Å². The number of fused-ring (bicyclic) bond motifs is 1. The molecule has 31 heavy (non-hydrogen) atoms. The summed E-state index contributed by atoms with van der Waals surface area (Å²) in [4.78, 5) is 25.4. The summed E-state index contributed by atoms with van der Waals surface area (Å²) in [6.07, 6.45) is 10.5. The molecule has 0 fully saturated rings. The number of hydrogen-bond acceptors (Lipinski definition) is 5. The van der Waals surface area contributed by atoms with Gasteiger partial charge in [0.1, 0.15) is 0 Å². The number of carbonyl (C=O) groups is 1. The van der Waals surface area contributed by atoms with Gasteiger partial charge in [0.05, 0.1) is 5.52 Å². The van der Waals surface area contributed by atoms with E-state index in [1.165, 1.54) is 0 Å². The first-order chi connectivity index (χ1) is 15.2. The Morgan fingerprint density at radius 2 is 1.68 bits per heavy atom. The van der Waals surface area contributed by atoms with Crippen molar-refractivity contribution in [3.05, 3.63) is 90.9 Å². The fourth-order valence-electron chi connectivity index (χ4n) is 3.61. The van der Waals surface area contributed by atoms with Gasteiger partial charge in [-0.2, -0.15) is 5.10 Å². The Morgan fingerprint density at radius 3 is 2.45 bits per heavy atom. The van der Waals surface area contributed by atoms with Crippen molar-refractivity contribution in [1.29, 1.82) is 0 Å². The molecular formula is C24H18N6O. The largest absolute Gasteiger partial charge is 0.320 e. The van der Waals surface area contributed by atoms with E-state index >= 15 is 0 Å². The Hall–Kier alpha value is -4.39. The van der Waals surface area contributed by atoms with E-state index < -0.39 is 0 Å². The van der Waals surface area contributed by atoms with Crippen molar-refractivity contribution in [3.8, 4) is 22.3 Å². The lowest BCUT2D eigenvalue weighted by atomic mass is 9.95. The summed E-state index contributed by atoms with van der Waals surface area (Å²) in [6, 6.07) is 13.3. The number of nitrogens with zero attached hydrogens (tertiary/aromatic N) is 4. The fraction of sp³-hybridized carbons (Fsp3) is 0.0417. The van der Waals surface area contributed by atoms with Gasteiger partial charge in [0.2, 0.25) is 0 Å². The molecule has 0 radical (unpaired) electrons. The van der Waals surface area contributed by atoms with Crippen LogP contribution in [0.25, 0.3) is 33.2 Å². The van der Waals surface area contributed by atoms with E-state index in [1.54, 1.807) is 30.7 Å². The molecule has 0 aliphatic heterocycles. The van der Waals surface area contributed by atoms with Crippen molar-refractivity contribution in [3.63, 3.8) is 0 Å². The van der Waals surface area contributed by atoms with Crippen LogP contribution in [0.2, 0.25) is 0 Å². The topological polar surface area (TPSA) is 96.5 Å². The van der Waals surface area contributed by atoms with Crippen LogP contribution in [0, 0.1) is 6.92 Å². The summed E-state index contributed by atoms with van der Waals surface area (Å²) < 4.78 is 0. The summed E-state index contributed by atoms with van der Waals surface area (Å²) in [7, 11) is 0. The highest BCUT2D eigenvalue weighted by atomic mass is 16.1. The van der Waals surface area contributed by atoms with Gasteiger partial charge in [0.15, 0.2) is 5.69 Å². The summed E-state index contributed by atoms with van der Waals surface area (Å²) >= 11 is 0. The van der Waals surface area contributed by atoms with E-state index in [0.717, 1.165) is 38.7 Å². The van der Waals surface area contributed by atoms with Crippen molar-refractivity contribution < 1.29 is 4.79 Å². The minimum absolute atomic E-state index is 0.284. The maximum Gasteiger partial charge on any atom is 0.276 e. The van der Waals surface area contributed by atoms with Crippen LogP contribution in [0.4, 0.5) is 5.69 Å². The SMILES string of the molecule is Cc1c(-c2cccnc2)cncc1-c1ccc2[nH]nc(C(=O)Nc3ccncc3)c2c1. The Balaban J connectivity index is 1.55.